The Kier molecular flexibility index (Phi) is 9.17. The molecule has 2 aromatic carbocycles. The average Bonchev–Trinajstić information content (AvgIpc) is 2.68. The lowest BCUT2D eigenvalue weighted by molar-refractivity contribution is 0.146. The van der Waals surface area contributed by atoms with E-state index in [2.05, 4.69) is 75.9 Å². The van der Waals surface area contributed by atoms with Crippen LogP contribution in [0.25, 0.3) is 11.1 Å². The van der Waals surface area contributed by atoms with Gasteiger partial charge in [-0.05, 0) is 75.5 Å². The van der Waals surface area contributed by atoms with E-state index in [-0.39, 0.29) is 4.75 Å². The summed E-state index contributed by atoms with van der Waals surface area (Å²) >= 11 is 1.63. The second kappa shape index (κ2) is 11.4. The topological polar surface area (TPSA) is 9.23 Å². The third-order valence-corrected chi connectivity index (χ3v) is 5.42. The van der Waals surface area contributed by atoms with Gasteiger partial charge in [0.2, 0.25) is 0 Å². The summed E-state index contributed by atoms with van der Waals surface area (Å²) in [6.07, 6.45) is 8.78. The smallest absolute Gasteiger partial charge is 0.0725 e. The molecular formula is C25H34OS. The molecule has 0 radical (unpaired) electrons. The van der Waals surface area contributed by atoms with Gasteiger partial charge in [0.05, 0.1) is 6.10 Å². The molecule has 2 atom stereocenters. The van der Waals surface area contributed by atoms with Crippen molar-refractivity contribution in [1.82, 2.24) is 0 Å². The number of hydrogen-bond donors (Lipinski definition) is 0. The molecule has 27 heavy (non-hydrogen) atoms. The van der Waals surface area contributed by atoms with Crippen molar-refractivity contribution in [2.75, 3.05) is 0 Å². The fourth-order valence-corrected chi connectivity index (χ4v) is 3.85. The Labute approximate surface area is 170 Å². The van der Waals surface area contributed by atoms with Crippen LogP contribution < -0.4 is 0 Å². The van der Waals surface area contributed by atoms with E-state index >= 15 is 0 Å². The Balaban J connectivity index is 0.000000198. The molecule has 1 nitrogen and oxygen atoms in total. The lowest BCUT2D eigenvalue weighted by atomic mass is 9.85. The Morgan fingerprint density at radius 2 is 1.52 bits per heavy atom. The van der Waals surface area contributed by atoms with Gasteiger partial charge >= 0.3 is 0 Å². The summed E-state index contributed by atoms with van der Waals surface area (Å²) in [5, 5.41) is 0. The van der Waals surface area contributed by atoms with Crippen molar-refractivity contribution in [2.24, 2.45) is 5.92 Å². The second-order valence-electron chi connectivity index (χ2n) is 8.20. The summed E-state index contributed by atoms with van der Waals surface area (Å²) in [6, 6.07) is 20.8. The minimum absolute atomic E-state index is 0.214. The van der Waals surface area contributed by atoms with Crippen LogP contribution in [0.3, 0.4) is 0 Å². The first-order chi connectivity index (χ1) is 13.0. The van der Waals surface area contributed by atoms with Gasteiger partial charge in [0.1, 0.15) is 0 Å². The van der Waals surface area contributed by atoms with Crippen LogP contribution in [0.4, 0.5) is 0 Å². The third-order valence-electron chi connectivity index (χ3n) is 4.55. The van der Waals surface area contributed by atoms with Crippen LogP contribution in [0.2, 0.25) is 0 Å². The zero-order chi connectivity index (χ0) is 19.5. The molecule has 0 amide bonds. The first-order valence-corrected chi connectivity index (χ1v) is 10.8. The summed E-state index contributed by atoms with van der Waals surface area (Å²) in [5.41, 5.74) is 2.55. The number of benzene rings is 2. The molecular weight excluding hydrogens is 348 g/mol. The van der Waals surface area contributed by atoms with Crippen molar-refractivity contribution in [3.8, 4) is 11.1 Å². The van der Waals surface area contributed by atoms with Crippen molar-refractivity contribution in [3.05, 3.63) is 73.3 Å². The highest BCUT2D eigenvalue weighted by atomic mass is 32.2. The van der Waals surface area contributed by atoms with Gasteiger partial charge in [0.25, 0.3) is 0 Å². The first-order valence-electron chi connectivity index (χ1n) is 10.0. The molecule has 0 spiro atoms. The normalized spacial score (nSPS) is 19.7. The standard InChI is InChI=1S/C13H24OS.C12H10/c1-5-7-11-8-6-9-12(10-11)14-15-13(2,3)4;1-3-7-11(8-4-1)12-9-5-2-6-10-12/h5,11-12H,1,6-10H2,2-4H3;1-10H. The van der Waals surface area contributed by atoms with E-state index in [1.807, 2.05) is 18.2 Å². The molecule has 2 heteroatoms. The first kappa shape index (κ1) is 21.8. The van der Waals surface area contributed by atoms with Crippen molar-refractivity contribution in [3.63, 3.8) is 0 Å². The summed E-state index contributed by atoms with van der Waals surface area (Å²) in [6.45, 7) is 10.4. The molecule has 1 saturated carbocycles. The van der Waals surface area contributed by atoms with Crippen molar-refractivity contribution in [1.29, 1.82) is 0 Å². The van der Waals surface area contributed by atoms with Crippen LogP contribution >= 0.6 is 12.0 Å². The van der Waals surface area contributed by atoms with Gasteiger partial charge in [0.15, 0.2) is 0 Å². The molecule has 0 saturated heterocycles. The van der Waals surface area contributed by atoms with Gasteiger partial charge in [-0.3, -0.25) is 0 Å². The number of rotatable bonds is 5. The van der Waals surface area contributed by atoms with Gasteiger partial charge in [-0.15, -0.1) is 6.58 Å². The van der Waals surface area contributed by atoms with Gasteiger partial charge in [-0.1, -0.05) is 73.2 Å². The molecule has 146 valence electrons. The maximum Gasteiger partial charge on any atom is 0.0725 e. The van der Waals surface area contributed by atoms with Crippen molar-refractivity contribution in [2.45, 2.75) is 63.7 Å². The zero-order valence-electron chi connectivity index (χ0n) is 17.1. The molecule has 1 aliphatic carbocycles. The Morgan fingerprint density at radius 3 is 2.00 bits per heavy atom. The highest BCUT2D eigenvalue weighted by Crippen LogP contribution is 2.34. The van der Waals surface area contributed by atoms with Gasteiger partial charge in [-0.25, -0.2) is 0 Å². The third kappa shape index (κ3) is 8.81. The van der Waals surface area contributed by atoms with Crippen LogP contribution in [0.5, 0.6) is 0 Å². The summed E-state index contributed by atoms with van der Waals surface area (Å²) in [5.74, 6) is 0.807. The Morgan fingerprint density at radius 1 is 0.963 bits per heavy atom. The fraction of sp³-hybridized carbons (Fsp3) is 0.440. The SMILES string of the molecule is C=CCC1CCCC(OSC(C)(C)C)C1.c1ccc(-c2ccccc2)cc1. The Hall–Kier alpha value is -1.51. The minimum Gasteiger partial charge on any atom is -0.312 e. The van der Waals surface area contributed by atoms with E-state index in [1.165, 1.54) is 36.8 Å². The van der Waals surface area contributed by atoms with Crippen molar-refractivity contribution >= 4 is 12.0 Å². The number of allylic oxidation sites excluding steroid dienone is 1. The molecule has 0 aliphatic heterocycles. The van der Waals surface area contributed by atoms with E-state index in [9.17, 15) is 0 Å². The molecule has 0 bridgehead atoms. The van der Waals surface area contributed by atoms with Crippen LogP contribution in [-0.2, 0) is 4.18 Å². The van der Waals surface area contributed by atoms with Crippen molar-refractivity contribution < 1.29 is 4.18 Å². The monoisotopic (exact) mass is 382 g/mol. The number of hydrogen-bond acceptors (Lipinski definition) is 2. The molecule has 2 unspecified atom stereocenters. The summed E-state index contributed by atoms with van der Waals surface area (Å²) in [7, 11) is 0. The van der Waals surface area contributed by atoms with Crippen LogP contribution in [-0.4, -0.2) is 10.9 Å². The molecule has 3 rings (SSSR count). The fourth-order valence-electron chi connectivity index (χ4n) is 3.25. The average molecular weight is 383 g/mol. The summed E-state index contributed by atoms with van der Waals surface area (Å²) in [4.78, 5) is 0. The molecule has 1 fully saturated rings. The zero-order valence-corrected chi connectivity index (χ0v) is 17.9. The molecule has 0 N–H and O–H groups in total. The second-order valence-corrected chi connectivity index (χ2v) is 9.79. The van der Waals surface area contributed by atoms with Gasteiger partial charge < -0.3 is 4.18 Å². The summed E-state index contributed by atoms with van der Waals surface area (Å²) < 4.78 is 6.12. The van der Waals surface area contributed by atoms with Crippen LogP contribution in [0, 0.1) is 5.92 Å². The van der Waals surface area contributed by atoms with E-state index in [0.717, 1.165) is 12.3 Å². The van der Waals surface area contributed by atoms with Gasteiger partial charge in [-0.2, -0.15) is 0 Å². The highest BCUT2D eigenvalue weighted by molar-refractivity contribution is 7.96. The predicted molar refractivity (Wildman–Crippen MR) is 121 cm³/mol. The predicted octanol–water partition coefficient (Wildman–Crippen LogP) is 7.94. The van der Waals surface area contributed by atoms with E-state index in [4.69, 9.17) is 4.18 Å². The Bertz CT molecular complexity index is 608. The largest absolute Gasteiger partial charge is 0.312 e. The lowest BCUT2D eigenvalue weighted by Gasteiger charge is -2.29. The van der Waals surface area contributed by atoms with Crippen LogP contribution in [0.1, 0.15) is 52.9 Å². The van der Waals surface area contributed by atoms with E-state index in [0.29, 0.717) is 6.10 Å². The molecule has 0 heterocycles. The highest BCUT2D eigenvalue weighted by Gasteiger charge is 2.24. The van der Waals surface area contributed by atoms with Gasteiger partial charge in [0, 0.05) is 4.75 Å². The maximum atomic E-state index is 5.91. The molecule has 0 aromatic heterocycles. The minimum atomic E-state index is 0.214. The molecule has 1 aliphatic rings. The van der Waals surface area contributed by atoms with E-state index in [1.54, 1.807) is 12.0 Å². The van der Waals surface area contributed by atoms with E-state index < -0.39 is 0 Å². The lowest BCUT2D eigenvalue weighted by Crippen LogP contribution is -2.22. The quantitative estimate of drug-likeness (QED) is 0.383. The van der Waals surface area contributed by atoms with Crippen LogP contribution in [0.15, 0.2) is 73.3 Å². The maximum absolute atomic E-state index is 5.91. The molecule has 2 aromatic rings.